The molecule has 2 aliphatic heterocycles. The van der Waals surface area contributed by atoms with Crippen LogP contribution in [-0.2, 0) is 10.2 Å². The Morgan fingerprint density at radius 3 is 2.55 bits per heavy atom. The molecule has 31 heavy (non-hydrogen) atoms. The third-order valence-corrected chi connectivity index (χ3v) is 7.85. The Bertz CT molecular complexity index is 1070. The Morgan fingerprint density at radius 1 is 1.13 bits per heavy atom. The SMILES string of the molecule is Cc1nc(C2CCCCN2S(=O)(=O)N2CCCC2)ncc1C(=O)Nc1ccccc1F. The molecule has 8 nitrogen and oxygen atoms in total. The summed E-state index contributed by atoms with van der Waals surface area (Å²) in [6.07, 6.45) is 5.45. The molecular formula is C21H26FN5O3S. The van der Waals surface area contributed by atoms with Crippen molar-refractivity contribution in [3.63, 3.8) is 0 Å². The molecular weight excluding hydrogens is 421 g/mol. The van der Waals surface area contributed by atoms with E-state index in [4.69, 9.17) is 0 Å². The molecule has 1 atom stereocenters. The van der Waals surface area contributed by atoms with E-state index < -0.39 is 28.0 Å². The molecule has 0 bridgehead atoms. The van der Waals surface area contributed by atoms with Gasteiger partial charge < -0.3 is 5.32 Å². The standard InChI is InChI=1S/C21H26FN5O3S/c1-15-16(21(28)25-18-9-3-2-8-17(18)22)14-23-20(24-15)19-10-4-5-13-27(19)31(29,30)26-11-6-7-12-26/h2-3,8-9,14,19H,4-7,10-13H2,1H3,(H,25,28). The minimum atomic E-state index is -3.58. The predicted molar refractivity (Wildman–Crippen MR) is 114 cm³/mol. The lowest BCUT2D eigenvalue weighted by Crippen LogP contribution is -2.46. The summed E-state index contributed by atoms with van der Waals surface area (Å²) in [6, 6.07) is 5.45. The quantitative estimate of drug-likeness (QED) is 0.760. The highest BCUT2D eigenvalue weighted by Crippen LogP contribution is 2.33. The Morgan fingerprint density at radius 2 is 1.84 bits per heavy atom. The second-order valence-electron chi connectivity index (χ2n) is 7.90. The number of rotatable bonds is 5. The molecule has 0 radical (unpaired) electrons. The van der Waals surface area contributed by atoms with Crippen LogP contribution >= 0.6 is 0 Å². The predicted octanol–water partition coefficient (Wildman–Crippen LogP) is 3.04. The van der Waals surface area contributed by atoms with Crippen molar-refractivity contribution in [1.82, 2.24) is 18.6 Å². The zero-order valence-electron chi connectivity index (χ0n) is 17.4. The number of aromatic nitrogens is 2. The lowest BCUT2D eigenvalue weighted by molar-refractivity contribution is 0.102. The maximum absolute atomic E-state index is 13.8. The number of halogens is 1. The largest absolute Gasteiger partial charge is 0.319 e. The van der Waals surface area contributed by atoms with Gasteiger partial charge in [0.05, 0.1) is 23.0 Å². The van der Waals surface area contributed by atoms with Gasteiger partial charge in [-0.3, -0.25) is 4.79 Å². The Kier molecular flexibility index (Phi) is 6.31. The van der Waals surface area contributed by atoms with Gasteiger partial charge in [0.25, 0.3) is 16.1 Å². The molecule has 2 aromatic rings. The minimum Gasteiger partial charge on any atom is -0.319 e. The summed E-state index contributed by atoms with van der Waals surface area (Å²) in [4.78, 5) is 21.4. The van der Waals surface area contributed by atoms with Crippen LogP contribution in [0.25, 0.3) is 0 Å². The third-order valence-electron chi connectivity index (χ3n) is 5.80. The molecule has 1 amide bonds. The number of hydrogen-bond donors (Lipinski definition) is 1. The normalized spacial score (nSPS) is 20.6. The summed E-state index contributed by atoms with van der Waals surface area (Å²) in [5.41, 5.74) is 0.714. The molecule has 3 heterocycles. The van der Waals surface area contributed by atoms with E-state index >= 15 is 0 Å². The maximum atomic E-state index is 13.8. The Hall–Kier alpha value is -2.43. The molecule has 1 N–H and O–H groups in total. The molecule has 166 valence electrons. The van der Waals surface area contributed by atoms with Crippen LogP contribution in [0.4, 0.5) is 10.1 Å². The van der Waals surface area contributed by atoms with Crippen molar-refractivity contribution in [1.29, 1.82) is 0 Å². The fourth-order valence-corrected chi connectivity index (χ4v) is 6.02. The highest BCUT2D eigenvalue weighted by molar-refractivity contribution is 7.86. The summed E-state index contributed by atoms with van der Waals surface area (Å²) in [5, 5.41) is 2.53. The second kappa shape index (κ2) is 8.97. The van der Waals surface area contributed by atoms with E-state index in [1.807, 2.05) is 0 Å². The molecule has 2 aliphatic rings. The minimum absolute atomic E-state index is 0.0751. The van der Waals surface area contributed by atoms with Gasteiger partial charge in [-0.1, -0.05) is 18.6 Å². The fraction of sp³-hybridized carbons (Fsp3) is 0.476. The molecule has 1 aromatic heterocycles. The number of nitrogens with zero attached hydrogens (tertiary/aromatic N) is 4. The van der Waals surface area contributed by atoms with Crippen LogP contribution in [0.1, 0.15) is 60.0 Å². The summed E-state index contributed by atoms with van der Waals surface area (Å²) >= 11 is 0. The number of aryl methyl sites for hydroxylation is 1. The molecule has 0 saturated carbocycles. The third kappa shape index (κ3) is 4.46. The molecule has 1 unspecified atom stereocenters. The lowest BCUT2D eigenvalue weighted by atomic mass is 10.0. The van der Waals surface area contributed by atoms with Gasteiger partial charge in [-0.05, 0) is 44.7 Å². The lowest BCUT2D eigenvalue weighted by Gasteiger charge is -2.36. The number of hydrogen-bond acceptors (Lipinski definition) is 5. The van der Waals surface area contributed by atoms with E-state index in [0.717, 1.165) is 25.7 Å². The smallest absolute Gasteiger partial charge is 0.282 e. The van der Waals surface area contributed by atoms with Gasteiger partial charge in [-0.2, -0.15) is 17.0 Å². The number of piperidine rings is 1. The average Bonchev–Trinajstić information content (AvgIpc) is 3.31. The number of benzene rings is 1. The molecule has 0 aliphatic carbocycles. The highest BCUT2D eigenvalue weighted by atomic mass is 32.2. The van der Waals surface area contributed by atoms with Crippen LogP contribution in [-0.4, -0.2) is 52.5 Å². The van der Waals surface area contributed by atoms with E-state index in [0.29, 0.717) is 37.6 Å². The van der Waals surface area contributed by atoms with Crippen molar-refractivity contribution >= 4 is 21.8 Å². The number of amides is 1. The molecule has 10 heteroatoms. The summed E-state index contributed by atoms with van der Waals surface area (Å²) in [6.45, 7) is 3.19. The monoisotopic (exact) mass is 447 g/mol. The van der Waals surface area contributed by atoms with Crippen LogP contribution in [0.3, 0.4) is 0 Å². The second-order valence-corrected chi connectivity index (χ2v) is 9.78. The maximum Gasteiger partial charge on any atom is 0.282 e. The van der Waals surface area contributed by atoms with E-state index in [1.54, 1.807) is 19.1 Å². The van der Waals surface area contributed by atoms with Crippen molar-refractivity contribution in [3.05, 3.63) is 53.4 Å². The molecule has 1 aromatic carbocycles. The number of anilines is 1. The summed E-state index contributed by atoms with van der Waals surface area (Å²) in [7, 11) is -3.58. The fourth-order valence-electron chi connectivity index (χ4n) is 4.13. The molecule has 0 spiro atoms. The zero-order valence-corrected chi connectivity index (χ0v) is 18.2. The first-order chi connectivity index (χ1) is 14.9. The van der Waals surface area contributed by atoms with Gasteiger partial charge in [0.1, 0.15) is 11.6 Å². The van der Waals surface area contributed by atoms with Crippen LogP contribution in [0.2, 0.25) is 0 Å². The van der Waals surface area contributed by atoms with Crippen molar-refractivity contribution in [2.24, 2.45) is 0 Å². The van der Waals surface area contributed by atoms with E-state index in [9.17, 15) is 17.6 Å². The van der Waals surface area contributed by atoms with Crippen LogP contribution < -0.4 is 5.32 Å². The van der Waals surface area contributed by atoms with Gasteiger partial charge in [0.2, 0.25) is 0 Å². The van der Waals surface area contributed by atoms with Gasteiger partial charge in [0, 0.05) is 25.8 Å². The van der Waals surface area contributed by atoms with Crippen molar-refractivity contribution in [2.45, 2.75) is 45.1 Å². The van der Waals surface area contributed by atoms with E-state index in [1.165, 1.54) is 26.9 Å². The number of nitrogens with one attached hydrogen (secondary N) is 1. The van der Waals surface area contributed by atoms with Crippen LogP contribution in [0.5, 0.6) is 0 Å². The van der Waals surface area contributed by atoms with E-state index in [-0.39, 0.29) is 11.3 Å². The number of carbonyl (C=O) groups is 1. The van der Waals surface area contributed by atoms with Gasteiger partial charge in [0.15, 0.2) is 0 Å². The summed E-state index contributed by atoms with van der Waals surface area (Å²) in [5.74, 6) is -0.655. The zero-order chi connectivity index (χ0) is 22.0. The van der Waals surface area contributed by atoms with Crippen molar-refractivity contribution < 1.29 is 17.6 Å². The van der Waals surface area contributed by atoms with Crippen molar-refractivity contribution in [2.75, 3.05) is 25.0 Å². The first-order valence-corrected chi connectivity index (χ1v) is 11.9. The van der Waals surface area contributed by atoms with Crippen LogP contribution in [0.15, 0.2) is 30.5 Å². The molecule has 2 fully saturated rings. The number of carbonyl (C=O) groups excluding carboxylic acids is 1. The van der Waals surface area contributed by atoms with Gasteiger partial charge >= 0.3 is 0 Å². The molecule has 2 saturated heterocycles. The van der Waals surface area contributed by atoms with E-state index in [2.05, 4.69) is 15.3 Å². The topological polar surface area (TPSA) is 95.5 Å². The Labute approximate surface area is 181 Å². The van der Waals surface area contributed by atoms with Gasteiger partial charge in [-0.25, -0.2) is 14.4 Å². The van der Waals surface area contributed by atoms with Crippen molar-refractivity contribution in [3.8, 4) is 0 Å². The highest BCUT2D eigenvalue weighted by Gasteiger charge is 2.39. The first kappa shape index (κ1) is 21.8. The average molecular weight is 448 g/mol. The van der Waals surface area contributed by atoms with Crippen LogP contribution in [0, 0.1) is 12.7 Å². The van der Waals surface area contributed by atoms with Gasteiger partial charge in [-0.15, -0.1) is 0 Å². The number of para-hydroxylation sites is 1. The Balaban J connectivity index is 1.57. The molecule has 4 rings (SSSR count). The summed E-state index contributed by atoms with van der Waals surface area (Å²) < 4.78 is 43.2. The first-order valence-electron chi connectivity index (χ1n) is 10.5.